The first-order valence-corrected chi connectivity index (χ1v) is 6.86. The van der Waals surface area contributed by atoms with Gasteiger partial charge in [-0.3, -0.25) is 9.59 Å². The van der Waals surface area contributed by atoms with Crippen molar-refractivity contribution in [3.8, 4) is 0 Å². The maximum atomic E-state index is 12.3. The second-order valence-electron chi connectivity index (χ2n) is 4.98. The standard InChI is InChI=1S/C14H18BrNO4/c1-9-4-5-10(15)6-11(9)13(19)16-14(2,8-20-3)7-12(17)18/h4-6H,7-8H2,1-3H3,(H,16,19)(H,17,18). The minimum atomic E-state index is -0.990. The molecule has 0 spiro atoms. The number of hydrogen-bond donors (Lipinski definition) is 2. The third kappa shape index (κ3) is 4.61. The van der Waals surface area contributed by atoms with Crippen LogP contribution in [0.25, 0.3) is 0 Å². The predicted molar refractivity (Wildman–Crippen MR) is 78.9 cm³/mol. The molecule has 0 aliphatic carbocycles. The quantitative estimate of drug-likeness (QED) is 0.831. The second-order valence-corrected chi connectivity index (χ2v) is 5.89. The molecule has 0 fully saturated rings. The zero-order chi connectivity index (χ0) is 15.3. The van der Waals surface area contributed by atoms with Gasteiger partial charge in [-0.25, -0.2) is 0 Å². The zero-order valence-electron chi connectivity index (χ0n) is 11.7. The number of hydrogen-bond acceptors (Lipinski definition) is 3. The van der Waals surface area contributed by atoms with E-state index in [0.717, 1.165) is 10.0 Å². The monoisotopic (exact) mass is 343 g/mol. The lowest BCUT2D eigenvalue weighted by molar-refractivity contribution is -0.139. The van der Waals surface area contributed by atoms with Gasteiger partial charge in [-0.05, 0) is 31.5 Å². The molecule has 110 valence electrons. The highest BCUT2D eigenvalue weighted by Gasteiger charge is 2.30. The normalized spacial score (nSPS) is 13.6. The number of methoxy groups -OCH3 is 1. The maximum Gasteiger partial charge on any atom is 0.305 e. The fourth-order valence-electron chi connectivity index (χ4n) is 1.96. The minimum absolute atomic E-state index is 0.123. The molecule has 0 heterocycles. The fourth-order valence-corrected chi connectivity index (χ4v) is 2.33. The second kappa shape index (κ2) is 6.85. The van der Waals surface area contributed by atoms with Gasteiger partial charge in [0.25, 0.3) is 5.91 Å². The largest absolute Gasteiger partial charge is 0.481 e. The van der Waals surface area contributed by atoms with E-state index in [1.165, 1.54) is 7.11 Å². The first-order chi connectivity index (χ1) is 9.27. The van der Waals surface area contributed by atoms with Gasteiger partial charge in [-0.2, -0.15) is 0 Å². The van der Waals surface area contributed by atoms with Gasteiger partial charge >= 0.3 is 5.97 Å². The van der Waals surface area contributed by atoms with Crippen LogP contribution in [0.15, 0.2) is 22.7 Å². The lowest BCUT2D eigenvalue weighted by atomic mass is 9.97. The van der Waals surface area contributed by atoms with Crippen molar-refractivity contribution in [3.63, 3.8) is 0 Å². The summed E-state index contributed by atoms with van der Waals surface area (Å²) >= 11 is 3.32. The lowest BCUT2D eigenvalue weighted by Crippen LogP contribution is -2.50. The summed E-state index contributed by atoms with van der Waals surface area (Å²) in [6.45, 7) is 3.60. The molecule has 0 aliphatic rings. The molecule has 0 aromatic heterocycles. The van der Waals surface area contributed by atoms with Gasteiger partial charge in [0, 0.05) is 17.1 Å². The average Bonchev–Trinajstić information content (AvgIpc) is 2.30. The molecule has 0 saturated carbocycles. The van der Waals surface area contributed by atoms with Gasteiger partial charge in [-0.15, -0.1) is 0 Å². The summed E-state index contributed by atoms with van der Waals surface area (Å²) in [6.07, 6.45) is -0.209. The molecule has 6 heteroatoms. The molecule has 0 bridgehead atoms. The highest BCUT2D eigenvalue weighted by molar-refractivity contribution is 9.10. The van der Waals surface area contributed by atoms with Gasteiger partial charge in [0.15, 0.2) is 0 Å². The molecule has 0 radical (unpaired) electrons. The Morgan fingerprint density at radius 2 is 2.10 bits per heavy atom. The first kappa shape index (κ1) is 16.7. The minimum Gasteiger partial charge on any atom is -0.481 e. The van der Waals surface area contributed by atoms with Gasteiger partial charge in [0.05, 0.1) is 18.6 Å². The van der Waals surface area contributed by atoms with E-state index >= 15 is 0 Å². The zero-order valence-corrected chi connectivity index (χ0v) is 13.3. The fraction of sp³-hybridized carbons (Fsp3) is 0.429. The third-order valence-corrected chi connectivity index (χ3v) is 3.36. The predicted octanol–water partition coefficient (Wildman–Crippen LogP) is 2.37. The summed E-state index contributed by atoms with van der Waals surface area (Å²) in [7, 11) is 1.47. The molecule has 1 rings (SSSR count). The summed E-state index contributed by atoms with van der Waals surface area (Å²) in [4.78, 5) is 23.2. The number of carbonyl (C=O) groups is 2. The van der Waals surface area contributed by atoms with E-state index in [1.54, 1.807) is 13.0 Å². The summed E-state index contributed by atoms with van der Waals surface area (Å²) in [6, 6.07) is 5.38. The highest BCUT2D eigenvalue weighted by atomic mass is 79.9. The summed E-state index contributed by atoms with van der Waals surface area (Å²) in [5, 5.41) is 11.7. The number of amides is 1. The third-order valence-electron chi connectivity index (χ3n) is 2.86. The Kier molecular flexibility index (Phi) is 5.71. The number of nitrogens with one attached hydrogen (secondary N) is 1. The SMILES string of the molecule is COCC(C)(CC(=O)O)NC(=O)c1cc(Br)ccc1C. The van der Waals surface area contributed by atoms with Crippen molar-refractivity contribution in [2.45, 2.75) is 25.8 Å². The Balaban J connectivity index is 2.95. The van der Waals surface area contributed by atoms with Crippen molar-refractivity contribution in [1.82, 2.24) is 5.32 Å². The van der Waals surface area contributed by atoms with Crippen LogP contribution in [0.3, 0.4) is 0 Å². The number of carbonyl (C=O) groups excluding carboxylic acids is 1. The van der Waals surface area contributed by atoms with Gasteiger partial charge in [-0.1, -0.05) is 22.0 Å². The number of rotatable bonds is 6. The van der Waals surface area contributed by atoms with Crippen LogP contribution < -0.4 is 5.32 Å². The topological polar surface area (TPSA) is 75.6 Å². The Labute approximate surface area is 126 Å². The Hall–Kier alpha value is -1.40. The van der Waals surface area contributed by atoms with Gasteiger partial charge in [0.1, 0.15) is 0 Å². The number of aliphatic carboxylic acids is 1. The van der Waals surface area contributed by atoms with Crippen LogP contribution in [0.1, 0.15) is 29.3 Å². The highest BCUT2D eigenvalue weighted by Crippen LogP contribution is 2.18. The van der Waals surface area contributed by atoms with E-state index in [-0.39, 0.29) is 18.9 Å². The van der Waals surface area contributed by atoms with Crippen LogP contribution in [-0.4, -0.2) is 36.2 Å². The first-order valence-electron chi connectivity index (χ1n) is 6.07. The van der Waals surface area contributed by atoms with Gasteiger partial charge in [0.2, 0.25) is 0 Å². The molecule has 1 atom stereocenters. The summed E-state index contributed by atoms with van der Waals surface area (Å²) < 4.78 is 5.80. The van der Waals surface area contributed by atoms with Crippen LogP contribution in [0.2, 0.25) is 0 Å². The summed E-state index contributed by atoms with van der Waals surface area (Å²) in [5.74, 6) is -1.31. The van der Waals surface area contributed by atoms with Crippen molar-refractivity contribution in [3.05, 3.63) is 33.8 Å². The molecular weight excluding hydrogens is 326 g/mol. The van der Waals surface area contributed by atoms with E-state index in [1.807, 2.05) is 19.1 Å². The Bertz CT molecular complexity index is 518. The molecule has 2 N–H and O–H groups in total. The smallest absolute Gasteiger partial charge is 0.305 e. The molecule has 1 unspecified atom stereocenters. The van der Waals surface area contributed by atoms with Crippen molar-refractivity contribution in [2.24, 2.45) is 0 Å². The van der Waals surface area contributed by atoms with E-state index in [0.29, 0.717) is 5.56 Å². The number of ether oxygens (including phenoxy) is 1. The molecule has 5 nitrogen and oxygen atoms in total. The van der Waals surface area contributed by atoms with E-state index < -0.39 is 11.5 Å². The number of halogens is 1. The number of carboxylic acid groups (broad SMARTS) is 1. The Morgan fingerprint density at radius 1 is 1.45 bits per heavy atom. The molecule has 1 aromatic carbocycles. The molecule has 0 saturated heterocycles. The number of carboxylic acids is 1. The van der Waals surface area contributed by atoms with Crippen molar-refractivity contribution < 1.29 is 19.4 Å². The average molecular weight is 344 g/mol. The van der Waals surface area contributed by atoms with E-state index in [2.05, 4.69) is 21.2 Å². The van der Waals surface area contributed by atoms with Crippen molar-refractivity contribution in [2.75, 3.05) is 13.7 Å². The van der Waals surface area contributed by atoms with Crippen LogP contribution in [0, 0.1) is 6.92 Å². The molecule has 0 aliphatic heterocycles. The number of aryl methyl sites for hydroxylation is 1. The van der Waals surface area contributed by atoms with Crippen LogP contribution in [0.5, 0.6) is 0 Å². The van der Waals surface area contributed by atoms with Crippen LogP contribution in [-0.2, 0) is 9.53 Å². The number of benzene rings is 1. The molecule has 1 aromatic rings. The molecule has 20 heavy (non-hydrogen) atoms. The summed E-state index contributed by atoms with van der Waals surface area (Å²) in [5.41, 5.74) is 0.375. The van der Waals surface area contributed by atoms with Crippen LogP contribution >= 0.6 is 15.9 Å². The molecular formula is C14H18BrNO4. The van der Waals surface area contributed by atoms with Crippen molar-refractivity contribution >= 4 is 27.8 Å². The lowest BCUT2D eigenvalue weighted by Gasteiger charge is -2.28. The van der Waals surface area contributed by atoms with E-state index in [9.17, 15) is 9.59 Å². The van der Waals surface area contributed by atoms with Gasteiger partial charge < -0.3 is 15.2 Å². The van der Waals surface area contributed by atoms with E-state index in [4.69, 9.17) is 9.84 Å². The van der Waals surface area contributed by atoms with Crippen molar-refractivity contribution in [1.29, 1.82) is 0 Å². The Morgan fingerprint density at radius 3 is 2.65 bits per heavy atom. The molecule has 1 amide bonds. The maximum absolute atomic E-state index is 12.3. The van der Waals surface area contributed by atoms with Crippen LogP contribution in [0.4, 0.5) is 0 Å².